The number of nitrogens with zero attached hydrogens (tertiary/aromatic N) is 6. The normalized spacial score (nSPS) is 12.7. The Hall–Kier alpha value is -7.96. The van der Waals surface area contributed by atoms with E-state index >= 15 is 0 Å². The molecule has 13 rings (SSSR count). The highest BCUT2D eigenvalue weighted by atomic mass is 14.8. The minimum absolute atomic E-state index is 0.765. The van der Waals surface area contributed by atoms with Gasteiger partial charge >= 0.3 is 0 Å². The molecule has 6 nitrogen and oxygen atoms in total. The Morgan fingerprint density at radius 3 is 1.17 bits per heavy atom. The average Bonchev–Trinajstić information content (AvgIpc) is 4.06. The number of rotatable bonds is 4. The minimum Gasteiger partial charge on any atom is -0.252 e. The van der Waals surface area contributed by atoms with Gasteiger partial charge in [0.05, 0.1) is 55.6 Å². The standard InChI is InChI=1S/C52H28N6/c1-3-11-29(12-4-1)31-19-23-39-45(47-41(55-39)25-21-35-33-15-7-9-17-37(33)57-49(35)47)43(31)51-52(54-28-27-53-51)44-32(30-13-5-2-6-14-30)20-24-40-46(44)48-42(56-40)26-22-36-34-16-8-10-18-38(34)58-50(36)48/h1-28H. The topological polar surface area (TPSA) is 75.2 Å². The summed E-state index contributed by atoms with van der Waals surface area (Å²) >= 11 is 0. The van der Waals surface area contributed by atoms with E-state index in [1.54, 1.807) is 0 Å². The number of benzene rings is 8. The van der Waals surface area contributed by atoms with Crippen LogP contribution in [0.25, 0.3) is 67.0 Å². The molecule has 0 bridgehead atoms. The summed E-state index contributed by atoms with van der Waals surface area (Å²) in [6.07, 6.45) is 3.62. The van der Waals surface area contributed by atoms with Crippen molar-refractivity contribution in [1.82, 2.24) is 9.97 Å². The van der Waals surface area contributed by atoms with Crippen molar-refractivity contribution in [1.29, 1.82) is 0 Å². The lowest BCUT2D eigenvalue weighted by molar-refractivity contribution is 1.21. The van der Waals surface area contributed by atoms with Crippen LogP contribution >= 0.6 is 0 Å². The van der Waals surface area contributed by atoms with Crippen molar-refractivity contribution < 1.29 is 0 Å². The van der Waals surface area contributed by atoms with Crippen molar-refractivity contribution in [2.45, 2.75) is 0 Å². The molecular formula is C52H28N6. The van der Waals surface area contributed by atoms with Gasteiger partial charge in [-0.25, -0.2) is 20.0 Å². The Bertz CT molecular complexity index is 3540. The third kappa shape index (κ3) is 4.31. The molecule has 58 heavy (non-hydrogen) atoms. The van der Waals surface area contributed by atoms with Gasteiger partial charge in [-0.3, -0.25) is 9.97 Å². The maximum absolute atomic E-state index is 5.33. The van der Waals surface area contributed by atoms with Gasteiger partial charge in [0.2, 0.25) is 0 Å². The van der Waals surface area contributed by atoms with Crippen LogP contribution in [-0.2, 0) is 0 Å². The van der Waals surface area contributed by atoms with Crippen molar-refractivity contribution in [3.63, 3.8) is 0 Å². The van der Waals surface area contributed by atoms with Gasteiger partial charge in [-0.1, -0.05) is 109 Å². The maximum Gasteiger partial charge on any atom is 0.0978 e. The van der Waals surface area contributed by atoms with Crippen molar-refractivity contribution in [3.05, 3.63) is 212 Å². The van der Waals surface area contributed by atoms with Crippen LogP contribution in [0.3, 0.4) is 0 Å². The quantitative estimate of drug-likeness (QED) is 0.180. The lowest BCUT2D eigenvalue weighted by atomic mass is 9.84. The van der Waals surface area contributed by atoms with E-state index < -0.39 is 0 Å². The van der Waals surface area contributed by atoms with E-state index in [4.69, 9.17) is 29.9 Å². The van der Waals surface area contributed by atoms with E-state index in [9.17, 15) is 0 Å². The molecule has 266 valence electrons. The Balaban J connectivity index is 1.17. The molecule has 0 aliphatic carbocycles. The van der Waals surface area contributed by atoms with E-state index in [0.29, 0.717) is 0 Å². The fourth-order valence-corrected chi connectivity index (χ4v) is 9.39. The zero-order valence-corrected chi connectivity index (χ0v) is 30.8. The molecule has 0 N–H and O–H groups in total. The molecule has 0 saturated heterocycles. The molecule has 5 heterocycles. The zero-order valence-electron chi connectivity index (χ0n) is 30.8. The average molecular weight is 737 g/mol. The SMILES string of the molecule is c1ccc(-c2ccc3c(c2-c2nccnc2-c2c(-c4ccccc4)ccc4c2-c2c5c(ccc2=N4)=c2ccccc2=N5)-c2c4c(ccc2=N3)=c2ccccc2=N4)cc1. The van der Waals surface area contributed by atoms with Crippen molar-refractivity contribution in [2.75, 3.05) is 0 Å². The lowest BCUT2D eigenvalue weighted by Gasteiger charge is -2.21. The fourth-order valence-electron chi connectivity index (χ4n) is 9.39. The van der Waals surface area contributed by atoms with Crippen molar-refractivity contribution in [2.24, 2.45) is 20.0 Å². The van der Waals surface area contributed by atoms with Gasteiger partial charge in [-0.2, -0.15) is 0 Å². The molecule has 6 heteroatoms. The predicted molar refractivity (Wildman–Crippen MR) is 226 cm³/mol. The molecule has 1 aromatic heterocycles. The molecule has 4 aliphatic heterocycles. The van der Waals surface area contributed by atoms with Gasteiger partial charge in [0.25, 0.3) is 0 Å². The van der Waals surface area contributed by atoms with Crippen molar-refractivity contribution >= 4 is 22.7 Å². The first kappa shape index (κ1) is 31.3. The monoisotopic (exact) mass is 736 g/mol. The van der Waals surface area contributed by atoms with E-state index in [0.717, 1.165) is 132 Å². The molecule has 0 amide bonds. The minimum atomic E-state index is 0.765. The molecule has 0 saturated carbocycles. The second-order valence-corrected chi connectivity index (χ2v) is 14.9. The van der Waals surface area contributed by atoms with Gasteiger partial charge < -0.3 is 0 Å². The summed E-state index contributed by atoms with van der Waals surface area (Å²) in [6.45, 7) is 0. The van der Waals surface area contributed by atoms with Crippen LogP contribution in [0.2, 0.25) is 0 Å². The van der Waals surface area contributed by atoms with Gasteiger partial charge in [0, 0.05) is 66.6 Å². The van der Waals surface area contributed by atoms with Crippen LogP contribution < -0.4 is 21.4 Å². The lowest BCUT2D eigenvalue weighted by Crippen LogP contribution is -2.04. The Kier molecular flexibility index (Phi) is 6.35. The summed E-state index contributed by atoms with van der Waals surface area (Å²) in [7, 11) is 0. The summed E-state index contributed by atoms with van der Waals surface area (Å²) in [5.41, 5.74) is 15.4. The molecule has 4 aliphatic rings. The first-order chi connectivity index (χ1) is 28.8. The number of para-hydroxylation sites is 2. The number of hydrogen-bond acceptors (Lipinski definition) is 6. The molecular weight excluding hydrogens is 709 g/mol. The molecule has 8 aromatic carbocycles. The van der Waals surface area contributed by atoms with Crippen LogP contribution in [0.1, 0.15) is 0 Å². The molecule has 0 atom stereocenters. The summed E-state index contributed by atoms with van der Waals surface area (Å²) in [5.74, 6) is 0. The predicted octanol–water partition coefficient (Wildman–Crippen LogP) is 10.1. The number of hydrogen-bond donors (Lipinski definition) is 0. The summed E-state index contributed by atoms with van der Waals surface area (Å²) in [6, 6.07) is 55.1. The van der Waals surface area contributed by atoms with Crippen molar-refractivity contribution in [3.8, 4) is 67.0 Å². The number of fused-ring (bicyclic) bond motifs is 12. The van der Waals surface area contributed by atoms with E-state index in [1.165, 1.54) is 0 Å². The fraction of sp³-hybridized carbons (Fsp3) is 0. The summed E-state index contributed by atoms with van der Waals surface area (Å²) < 4.78 is 0. The molecule has 9 aromatic rings. The van der Waals surface area contributed by atoms with E-state index in [2.05, 4.69) is 146 Å². The van der Waals surface area contributed by atoms with Crippen LogP contribution in [0, 0.1) is 20.9 Å². The summed E-state index contributed by atoms with van der Waals surface area (Å²) in [5, 5.41) is 8.21. The first-order valence-corrected chi connectivity index (χ1v) is 19.5. The van der Waals surface area contributed by atoms with E-state index in [1.807, 2.05) is 24.5 Å². The highest BCUT2D eigenvalue weighted by Gasteiger charge is 2.32. The van der Waals surface area contributed by atoms with Gasteiger partial charge in [-0.05, 0) is 70.8 Å². The maximum atomic E-state index is 5.33. The second kappa shape index (κ2) is 11.8. The molecule has 0 fully saturated rings. The largest absolute Gasteiger partial charge is 0.252 e. The van der Waals surface area contributed by atoms with Crippen LogP contribution in [0.15, 0.2) is 190 Å². The number of aromatic nitrogens is 2. The highest BCUT2D eigenvalue weighted by Crippen LogP contribution is 2.54. The van der Waals surface area contributed by atoms with E-state index in [-0.39, 0.29) is 0 Å². The third-order valence-electron chi connectivity index (χ3n) is 11.9. The molecule has 0 spiro atoms. The second-order valence-electron chi connectivity index (χ2n) is 14.9. The molecule has 0 unspecified atom stereocenters. The van der Waals surface area contributed by atoms with Crippen LogP contribution in [0.4, 0.5) is 22.7 Å². The van der Waals surface area contributed by atoms with Gasteiger partial charge in [0.1, 0.15) is 0 Å². The molecule has 0 radical (unpaired) electrons. The van der Waals surface area contributed by atoms with Crippen LogP contribution in [0.5, 0.6) is 0 Å². The highest BCUT2D eigenvalue weighted by molar-refractivity contribution is 6.09. The smallest absolute Gasteiger partial charge is 0.0978 e. The van der Waals surface area contributed by atoms with Gasteiger partial charge in [0.15, 0.2) is 0 Å². The third-order valence-corrected chi connectivity index (χ3v) is 11.9. The van der Waals surface area contributed by atoms with Crippen LogP contribution in [-0.4, -0.2) is 9.97 Å². The Morgan fingerprint density at radius 2 is 0.707 bits per heavy atom. The Morgan fingerprint density at radius 1 is 0.276 bits per heavy atom. The zero-order chi connectivity index (χ0) is 37.9. The summed E-state index contributed by atoms with van der Waals surface area (Å²) in [4.78, 5) is 31.7. The first-order valence-electron chi connectivity index (χ1n) is 19.5. The Labute approximate surface area is 331 Å². The van der Waals surface area contributed by atoms with Gasteiger partial charge in [-0.15, -0.1) is 0 Å².